The smallest absolute Gasteiger partial charge is 0.319 e. The van der Waals surface area contributed by atoms with Crippen LogP contribution in [0.2, 0.25) is 0 Å². The number of nitrogens with zero attached hydrogens (tertiary/aromatic N) is 3. The molecule has 0 aliphatic heterocycles. The molecule has 0 aliphatic carbocycles. The summed E-state index contributed by atoms with van der Waals surface area (Å²) in [4.78, 5) is 11.1. The van der Waals surface area contributed by atoms with E-state index in [2.05, 4.69) is 20.4 Å². The Bertz CT molecular complexity index is 522. The van der Waals surface area contributed by atoms with Crippen molar-refractivity contribution in [1.29, 1.82) is 0 Å². The maximum atomic E-state index is 11.1. The topological polar surface area (TPSA) is 69.0 Å². The number of benzene rings is 1. The molecule has 1 aromatic heterocycles. The Kier molecular flexibility index (Phi) is 4.25. The van der Waals surface area contributed by atoms with Gasteiger partial charge in [-0.3, -0.25) is 4.79 Å². The quantitative estimate of drug-likeness (QED) is 0.815. The normalized spacial score (nSPS) is 12.1. The number of carbonyl (C=O) groups is 1. The summed E-state index contributed by atoms with van der Waals surface area (Å²) in [6, 6.07) is 7.97. The molecule has 0 saturated carbocycles. The van der Waals surface area contributed by atoms with E-state index in [1.54, 1.807) is 17.1 Å². The molecule has 100 valence electrons. The van der Waals surface area contributed by atoms with Crippen molar-refractivity contribution in [2.24, 2.45) is 0 Å². The minimum atomic E-state index is -0.272. The molecule has 1 aromatic carbocycles. The van der Waals surface area contributed by atoms with Gasteiger partial charge in [-0.2, -0.15) is 0 Å². The van der Waals surface area contributed by atoms with Crippen LogP contribution in [0.25, 0.3) is 5.69 Å². The molecule has 0 saturated heterocycles. The van der Waals surface area contributed by atoms with Gasteiger partial charge in [0.2, 0.25) is 0 Å². The molecule has 0 fully saturated rings. The number of carbonyl (C=O) groups excluding carboxylic acids is 1. The molecule has 0 radical (unpaired) electrons. The Hall–Kier alpha value is -2.21. The molecule has 1 unspecified atom stereocenters. The summed E-state index contributed by atoms with van der Waals surface area (Å²) in [5.74, 6) is -0.272. The van der Waals surface area contributed by atoms with Crippen molar-refractivity contribution in [3.8, 4) is 5.69 Å². The molecule has 6 heteroatoms. The highest BCUT2D eigenvalue weighted by atomic mass is 16.5. The van der Waals surface area contributed by atoms with Crippen LogP contribution in [-0.4, -0.2) is 34.6 Å². The van der Waals surface area contributed by atoms with Gasteiger partial charge >= 0.3 is 5.97 Å². The van der Waals surface area contributed by atoms with Crippen LogP contribution < -0.4 is 5.32 Å². The van der Waals surface area contributed by atoms with Crippen LogP contribution in [0, 0.1) is 0 Å². The summed E-state index contributed by atoms with van der Waals surface area (Å²) in [6.45, 7) is 2.19. The third-order valence-electron chi connectivity index (χ3n) is 2.86. The van der Waals surface area contributed by atoms with Gasteiger partial charge in [-0.05, 0) is 24.6 Å². The zero-order valence-corrected chi connectivity index (χ0v) is 10.9. The second-order valence-corrected chi connectivity index (χ2v) is 4.12. The van der Waals surface area contributed by atoms with E-state index in [4.69, 9.17) is 0 Å². The number of nitrogens with one attached hydrogen (secondary N) is 1. The third-order valence-corrected chi connectivity index (χ3v) is 2.86. The molecule has 19 heavy (non-hydrogen) atoms. The first-order chi connectivity index (χ1) is 9.20. The van der Waals surface area contributed by atoms with Gasteiger partial charge in [-0.1, -0.05) is 17.3 Å². The van der Waals surface area contributed by atoms with E-state index in [-0.39, 0.29) is 18.6 Å². The van der Waals surface area contributed by atoms with Crippen molar-refractivity contribution >= 4 is 5.97 Å². The molecular weight excluding hydrogens is 244 g/mol. The average Bonchev–Trinajstić information content (AvgIpc) is 2.98. The van der Waals surface area contributed by atoms with Gasteiger partial charge in [-0.15, -0.1) is 5.10 Å². The van der Waals surface area contributed by atoms with E-state index in [1.165, 1.54) is 7.11 Å². The number of methoxy groups -OCH3 is 1. The van der Waals surface area contributed by atoms with Crippen molar-refractivity contribution < 1.29 is 9.53 Å². The van der Waals surface area contributed by atoms with Crippen molar-refractivity contribution in [2.45, 2.75) is 13.0 Å². The lowest BCUT2D eigenvalue weighted by Gasteiger charge is -2.13. The molecule has 6 nitrogen and oxygen atoms in total. The van der Waals surface area contributed by atoms with E-state index in [0.717, 1.165) is 11.3 Å². The third kappa shape index (κ3) is 3.38. The number of hydrogen-bond donors (Lipinski definition) is 1. The van der Waals surface area contributed by atoms with Gasteiger partial charge in [0.25, 0.3) is 0 Å². The summed E-state index contributed by atoms with van der Waals surface area (Å²) in [5, 5.41) is 10.8. The maximum absolute atomic E-state index is 11.1. The zero-order valence-electron chi connectivity index (χ0n) is 10.9. The van der Waals surface area contributed by atoms with Crippen molar-refractivity contribution in [1.82, 2.24) is 20.3 Å². The summed E-state index contributed by atoms with van der Waals surface area (Å²) >= 11 is 0. The number of hydrogen-bond acceptors (Lipinski definition) is 5. The monoisotopic (exact) mass is 260 g/mol. The molecule has 0 spiro atoms. The minimum absolute atomic E-state index is 0.0731. The van der Waals surface area contributed by atoms with Gasteiger partial charge in [0.15, 0.2) is 0 Å². The summed E-state index contributed by atoms with van der Waals surface area (Å²) in [6.07, 6.45) is 3.42. The molecule has 0 aliphatic rings. The fourth-order valence-corrected chi connectivity index (χ4v) is 1.69. The number of rotatable bonds is 5. The Morgan fingerprint density at radius 3 is 2.74 bits per heavy atom. The Morgan fingerprint density at radius 2 is 2.16 bits per heavy atom. The van der Waals surface area contributed by atoms with Crippen LogP contribution in [0.3, 0.4) is 0 Å². The van der Waals surface area contributed by atoms with E-state index < -0.39 is 0 Å². The SMILES string of the molecule is COC(=O)CNC(C)c1ccc(-n2ccnn2)cc1. The van der Waals surface area contributed by atoms with Crippen molar-refractivity contribution in [2.75, 3.05) is 13.7 Å². The Labute approximate surface area is 111 Å². The fraction of sp³-hybridized carbons (Fsp3) is 0.308. The molecule has 0 amide bonds. The van der Waals surface area contributed by atoms with Gasteiger partial charge in [-0.25, -0.2) is 4.68 Å². The highest BCUT2D eigenvalue weighted by Gasteiger charge is 2.08. The van der Waals surface area contributed by atoms with E-state index in [0.29, 0.717) is 0 Å². The summed E-state index contributed by atoms with van der Waals surface area (Å²) < 4.78 is 6.28. The van der Waals surface area contributed by atoms with Crippen molar-refractivity contribution in [3.63, 3.8) is 0 Å². The van der Waals surface area contributed by atoms with Crippen LogP contribution in [0.4, 0.5) is 0 Å². The largest absolute Gasteiger partial charge is 0.468 e. The molecule has 1 atom stereocenters. The number of esters is 1. The first-order valence-electron chi connectivity index (χ1n) is 5.97. The first kappa shape index (κ1) is 13.2. The Morgan fingerprint density at radius 1 is 1.42 bits per heavy atom. The number of aromatic nitrogens is 3. The molecule has 2 aromatic rings. The predicted molar refractivity (Wildman–Crippen MR) is 69.8 cm³/mol. The standard InChI is InChI=1S/C13H16N4O2/c1-10(14-9-13(18)19-2)11-3-5-12(6-4-11)17-8-7-15-16-17/h3-8,10,14H,9H2,1-2H3. The summed E-state index contributed by atoms with van der Waals surface area (Å²) in [5.41, 5.74) is 2.04. The molecular formula is C13H16N4O2. The first-order valence-corrected chi connectivity index (χ1v) is 5.97. The molecule has 1 N–H and O–H groups in total. The van der Waals surface area contributed by atoms with Gasteiger partial charge < -0.3 is 10.1 Å². The van der Waals surface area contributed by atoms with Crippen molar-refractivity contribution in [3.05, 3.63) is 42.2 Å². The lowest BCUT2D eigenvalue weighted by molar-refractivity contribution is -0.139. The van der Waals surface area contributed by atoms with E-state index >= 15 is 0 Å². The second-order valence-electron chi connectivity index (χ2n) is 4.12. The molecule has 0 bridgehead atoms. The van der Waals surface area contributed by atoms with E-state index in [9.17, 15) is 4.79 Å². The van der Waals surface area contributed by atoms with E-state index in [1.807, 2.05) is 31.2 Å². The lowest BCUT2D eigenvalue weighted by atomic mass is 10.1. The van der Waals surface area contributed by atoms with Crippen LogP contribution in [0.15, 0.2) is 36.7 Å². The minimum Gasteiger partial charge on any atom is -0.468 e. The second kappa shape index (κ2) is 6.10. The highest BCUT2D eigenvalue weighted by molar-refractivity contribution is 5.71. The fourth-order valence-electron chi connectivity index (χ4n) is 1.69. The van der Waals surface area contributed by atoms with Crippen LogP contribution in [-0.2, 0) is 9.53 Å². The zero-order chi connectivity index (χ0) is 13.7. The molecule has 1 heterocycles. The summed E-state index contributed by atoms with van der Waals surface area (Å²) in [7, 11) is 1.38. The molecule has 2 rings (SSSR count). The highest BCUT2D eigenvalue weighted by Crippen LogP contribution is 2.14. The number of ether oxygens (including phenoxy) is 1. The van der Waals surface area contributed by atoms with Crippen LogP contribution in [0.1, 0.15) is 18.5 Å². The van der Waals surface area contributed by atoms with Crippen LogP contribution in [0.5, 0.6) is 0 Å². The van der Waals surface area contributed by atoms with Crippen LogP contribution >= 0.6 is 0 Å². The Balaban J connectivity index is 2.00. The lowest BCUT2D eigenvalue weighted by Crippen LogP contribution is -2.26. The average molecular weight is 260 g/mol. The van der Waals surface area contributed by atoms with Gasteiger partial charge in [0, 0.05) is 6.04 Å². The van der Waals surface area contributed by atoms with Gasteiger partial charge in [0.05, 0.1) is 31.7 Å². The van der Waals surface area contributed by atoms with Gasteiger partial charge in [0.1, 0.15) is 0 Å². The predicted octanol–water partition coefficient (Wildman–Crippen LogP) is 1.09. The maximum Gasteiger partial charge on any atom is 0.319 e.